The van der Waals surface area contributed by atoms with E-state index in [4.69, 9.17) is 32.7 Å². The van der Waals surface area contributed by atoms with Crippen molar-refractivity contribution in [3.05, 3.63) is 46.4 Å². The van der Waals surface area contributed by atoms with E-state index in [1.54, 1.807) is 41.3 Å². The van der Waals surface area contributed by atoms with Crippen molar-refractivity contribution in [3.8, 4) is 11.5 Å². The molecule has 0 aromatic heterocycles. The lowest BCUT2D eigenvalue weighted by molar-refractivity contribution is -0.121. The fourth-order valence-corrected chi connectivity index (χ4v) is 3.24. The van der Waals surface area contributed by atoms with E-state index in [1.165, 1.54) is 0 Å². The molecule has 0 bridgehead atoms. The van der Waals surface area contributed by atoms with Crippen LogP contribution in [0, 0.1) is 5.92 Å². The topological polar surface area (TPSA) is 67.9 Å². The summed E-state index contributed by atoms with van der Waals surface area (Å²) in [5.74, 6) is 0.816. The molecule has 0 aliphatic carbocycles. The highest BCUT2D eigenvalue weighted by atomic mass is 35.5. The Kier molecular flexibility index (Phi) is 6.31. The molecule has 1 aliphatic rings. The van der Waals surface area contributed by atoms with Gasteiger partial charge in [0.15, 0.2) is 13.2 Å². The first-order chi connectivity index (χ1) is 13.3. The van der Waals surface area contributed by atoms with Crippen LogP contribution in [0.25, 0.3) is 0 Å². The molecule has 0 fully saturated rings. The van der Waals surface area contributed by atoms with Gasteiger partial charge in [0.2, 0.25) is 0 Å². The summed E-state index contributed by atoms with van der Waals surface area (Å²) in [6.45, 7) is 4.44. The second-order valence-corrected chi connectivity index (χ2v) is 7.62. The lowest BCUT2D eigenvalue weighted by Crippen LogP contribution is -2.41. The molecule has 1 aliphatic heterocycles. The van der Waals surface area contributed by atoms with Crippen LogP contribution in [-0.2, 0) is 9.59 Å². The summed E-state index contributed by atoms with van der Waals surface area (Å²) in [4.78, 5) is 26.1. The molecule has 3 rings (SSSR count). The minimum Gasteiger partial charge on any atom is -0.482 e. The van der Waals surface area contributed by atoms with Gasteiger partial charge in [-0.25, -0.2) is 0 Å². The van der Waals surface area contributed by atoms with Crippen molar-refractivity contribution >= 4 is 46.4 Å². The predicted molar refractivity (Wildman–Crippen MR) is 110 cm³/mol. The molecule has 1 N–H and O–H groups in total. The van der Waals surface area contributed by atoms with Crippen LogP contribution in [0.1, 0.15) is 13.8 Å². The summed E-state index contributed by atoms with van der Waals surface area (Å²) in [7, 11) is 0. The maximum atomic E-state index is 12.2. The third-order valence-electron chi connectivity index (χ3n) is 3.99. The van der Waals surface area contributed by atoms with E-state index in [0.29, 0.717) is 45.4 Å². The Labute approximate surface area is 173 Å². The molecule has 0 saturated heterocycles. The average molecular weight is 423 g/mol. The standard InChI is InChI=1S/C20H20Cl2N2O4/c1-12(2)9-24-16-8-14(4-6-18(16)28-11-20(24)26)23-19(25)10-27-17-5-3-13(21)7-15(17)22/h3-8,12H,9-11H2,1-2H3,(H,23,25). The number of fused-ring (bicyclic) bond motifs is 1. The van der Waals surface area contributed by atoms with E-state index >= 15 is 0 Å². The van der Waals surface area contributed by atoms with Gasteiger partial charge in [0, 0.05) is 17.3 Å². The summed E-state index contributed by atoms with van der Waals surface area (Å²) >= 11 is 11.9. The van der Waals surface area contributed by atoms with Crippen LogP contribution in [0.2, 0.25) is 10.0 Å². The summed E-state index contributed by atoms with van der Waals surface area (Å²) in [6.07, 6.45) is 0. The highest BCUT2D eigenvalue weighted by Crippen LogP contribution is 2.35. The van der Waals surface area contributed by atoms with Crippen LogP contribution in [0.15, 0.2) is 36.4 Å². The average Bonchev–Trinajstić information content (AvgIpc) is 2.63. The quantitative estimate of drug-likeness (QED) is 0.749. The minimum absolute atomic E-state index is 0.0150. The molecule has 0 atom stereocenters. The summed E-state index contributed by atoms with van der Waals surface area (Å²) in [6, 6.07) is 9.95. The lowest BCUT2D eigenvalue weighted by atomic mass is 10.1. The van der Waals surface area contributed by atoms with Gasteiger partial charge in [0.25, 0.3) is 11.8 Å². The monoisotopic (exact) mass is 422 g/mol. The Morgan fingerprint density at radius 2 is 2.04 bits per heavy atom. The maximum absolute atomic E-state index is 12.2. The van der Waals surface area contributed by atoms with Gasteiger partial charge in [0.1, 0.15) is 11.5 Å². The second-order valence-electron chi connectivity index (χ2n) is 6.78. The number of ether oxygens (including phenoxy) is 2. The zero-order valence-electron chi connectivity index (χ0n) is 15.5. The molecule has 2 aromatic rings. The SMILES string of the molecule is CC(C)CN1C(=O)COc2ccc(NC(=O)COc3ccc(Cl)cc3Cl)cc21. The molecule has 8 heteroatoms. The number of nitrogens with zero attached hydrogens (tertiary/aromatic N) is 1. The molecule has 0 radical (unpaired) electrons. The fourth-order valence-electron chi connectivity index (χ4n) is 2.78. The third-order valence-corrected chi connectivity index (χ3v) is 4.52. The molecular formula is C20H20Cl2N2O4. The summed E-state index contributed by atoms with van der Waals surface area (Å²) < 4.78 is 10.9. The van der Waals surface area contributed by atoms with E-state index < -0.39 is 0 Å². The normalized spacial score (nSPS) is 13.2. The molecule has 6 nitrogen and oxygen atoms in total. The number of anilines is 2. The Balaban J connectivity index is 1.68. The van der Waals surface area contributed by atoms with Gasteiger partial charge in [-0.05, 0) is 42.3 Å². The first-order valence-corrected chi connectivity index (χ1v) is 9.54. The lowest BCUT2D eigenvalue weighted by Gasteiger charge is -2.31. The number of rotatable bonds is 6. The Morgan fingerprint density at radius 1 is 1.25 bits per heavy atom. The molecule has 148 valence electrons. The molecule has 28 heavy (non-hydrogen) atoms. The summed E-state index contributed by atoms with van der Waals surface area (Å²) in [5.41, 5.74) is 1.19. The number of hydrogen-bond acceptors (Lipinski definition) is 4. The first kappa shape index (κ1) is 20.3. The second kappa shape index (κ2) is 8.71. The van der Waals surface area contributed by atoms with Crippen LogP contribution in [0.3, 0.4) is 0 Å². The van der Waals surface area contributed by atoms with Crippen molar-refractivity contribution in [2.24, 2.45) is 5.92 Å². The molecular weight excluding hydrogens is 403 g/mol. The molecule has 0 unspecified atom stereocenters. The van der Waals surface area contributed by atoms with Crippen molar-refractivity contribution in [2.45, 2.75) is 13.8 Å². The van der Waals surface area contributed by atoms with Crippen LogP contribution in [0.4, 0.5) is 11.4 Å². The van der Waals surface area contributed by atoms with Crippen molar-refractivity contribution in [3.63, 3.8) is 0 Å². The van der Waals surface area contributed by atoms with Crippen LogP contribution in [0.5, 0.6) is 11.5 Å². The van der Waals surface area contributed by atoms with Crippen molar-refractivity contribution < 1.29 is 19.1 Å². The minimum atomic E-state index is -0.357. The van der Waals surface area contributed by atoms with Crippen LogP contribution < -0.4 is 19.7 Å². The maximum Gasteiger partial charge on any atom is 0.265 e. The Bertz CT molecular complexity index is 902. The zero-order valence-corrected chi connectivity index (χ0v) is 17.0. The molecule has 2 aromatic carbocycles. The smallest absolute Gasteiger partial charge is 0.265 e. The third kappa shape index (κ3) is 4.88. The van der Waals surface area contributed by atoms with E-state index in [0.717, 1.165) is 0 Å². The Hall–Kier alpha value is -2.44. The van der Waals surface area contributed by atoms with Crippen LogP contribution in [-0.4, -0.2) is 31.6 Å². The largest absolute Gasteiger partial charge is 0.482 e. The Morgan fingerprint density at radius 3 is 2.75 bits per heavy atom. The van der Waals surface area contributed by atoms with Gasteiger partial charge in [-0.1, -0.05) is 37.0 Å². The summed E-state index contributed by atoms with van der Waals surface area (Å²) in [5, 5.41) is 3.57. The van der Waals surface area contributed by atoms with Gasteiger partial charge >= 0.3 is 0 Å². The predicted octanol–water partition coefficient (Wildman–Crippen LogP) is 4.39. The van der Waals surface area contributed by atoms with Crippen molar-refractivity contribution in [1.82, 2.24) is 0 Å². The highest BCUT2D eigenvalue weighted by molar-refractivity contribution is 6.35. The van der Waals surface area contributed by atoms with Gasteiger partial charge in [-0.15, -0.1) is 0 Å². The zero-order chi connectivity index (χ0) is 20.3. The van der Waals surface area contributed by atoms with E-state index in [9.17, 15) is 9.59 Å². The first-order valence-electron chi connectivity index (χ1n) is 8.78. The number of amides is 2. The molecule has 2 amide bonds. The van der Waals surface area contributed by atoms with E-state index in [1.807, 2.05) is 13.8 Å². The number of hydrogen-bond donors (Lipinski definition) is 1. The molecule has 0 spiro atoms. The number of benzene rings is 2. The number of carbonyl (C=O) groups excluding carboxylic acids is 2. The fraction of sp³-hybridized carbons (Fsp3) is 0.300. The number of carbonyl (C=O) groups is 2. The van der Waals surface area contributed by atoms with E-state index in [-0.39, 0.29) is 25.0 Å². The number of nitrogens with one attached hydrogen (secondary N) is 1. The van der Waals surface area contributed by atoms with Gasteiger partial charge in [0.05, 0.1) is 10.7 Å². The number of halogens is 2. The van der Waals surface area contributed by atoms with Crippen molar-refractivity contribution in [2.75, 3.05) is 30.0 Å². The van der Waals surface area contributed by atoms with Crippen LogP contribution >= 0.6 is 23.2 Å². The van der Waals surface area contributed by atoms with Gasteiger partial charge in [-0.2, -0.15) is 0 Å². The van der Waals surface area contributed by atoms with Gasteiger partial charge in [-0.3, -0.25) is 9.59 Å². The van der Waals surface area contributed by atoms with E-state index in [2.05, 4.69) is 5.32 Å². The highest BCUT2D eigenvalue weighted by Gasteiger charge is 2.26. The molecule has 0 saturated carbocycles. The van der Waals surface area contributed by atoms with Crippen molar-refractivity contribution in [1.29, 1.82) is 0 Å². The van der Waals surface area contributed by atoms with Gasteiger partial charge < -0.3 is 19.7 Å². The molecule has 1 heterocycles.